The third-order valence-corrected chi connectivity index (χ3v) is 7.35. The molecule has 0 spiro atoms. The molecule has 0 atom stereocenters. The lowest BCUT2D eigenvalue weighted by atomic mass is 9.99. The second kappa shape index (κ2) is 8.33. The van der Waals surface area contributed by atoms with Crippen LogP contribution in [0.5, 0.6) is 0 Å². The van der Waals surface area contributed by atoms with Crippen LogP contribution in [-0.4, -0.2) is 18.2 Å². The van der Waals surface area contributed by atoms with Crippen molar-refractivity contribution in [1.82, 2.24) is 3.97 Å². The average Bonchev–Trinajstić information content (AvgIpc) is 3.08. The summed E-state index contributed by atoms with van der Waals surface area (Å²) in [6.45, 7) is 3.43. The molecule has 0 radical (unpaired) electrons. The molecule has 31 heavy (non-hydrogen) atoms. The maximum Gasteiger partial charge on any atom is 0.268 e. The average molecular weight is 452 g/mol. The number of hydrogen-bond donors (Lipinski definition) is 0. The van der Waals surface area contributed by atoms with E-state index in [0.29, 0.717) is 22.7 Å². The number of ketones is 1. The van der Waals surface area contributed by atoms with E-state index >= 15 is 0 Å². The molecule has 4 rings (SSSR count). The summed E-state index contributed by atoms with van der Waals surface area (Å²) in [5.74, 6) is 0.00611. The Morgan fingerprint density at radius 1 is 0.935 bits per heavy atom. The van der Waals surface area contributed by atoms with Crippen molar-refractivity contribution in [3.05, 3.63) is 89.1 Å². The van der Waals surface area contributed by atoms with Crippen LogP contribution in [0.15, 0.2) is 77.7 Å². The Labute approximate surface area is 187 Å². The maximum atomic E-state index is 13.8. The molecule has 4 nitrogen and oxygen atoms in total. The highest BCUT2D eigenvalue weighted by molar-refractivity contribution is 7.90. The molecule has 158 valence electrons. The monoisotopic (exact) mass is 451 g/mol. The summed E-state index contributed by atoms with van der Waals surface area (Å²) in [6.07, 6.45) is 0.563. The molecule has 1 heterocycles. The summed E-state index contributed by atoms with van der Waals surface area (Å²) in [7, 11) is -3.88. The van der Waals surface area contributed by atoms with E-state index < -0.39 is 10.0 Å². The molecule has 0 amide bonds. The van der Waals surface area contributed by atoms with Crippen LogP contribution in [0.1, 0.15) is 24.6 Å². The first-order valence-corrected chi connectivity index (χ1v) is 11.8. The van der Waals surface area contributed by atoms with Crippen molar-refractivity contribution >= 4 is 38.3 Å². The standard InChI is InChI=1S/C25H22ClNO3S/c1-17-7-14-21(15-8-17)31(29,30)27-23-6-4-3-5-22(23)25(24(27)16-9-18(2)28)19-10-12-20(26)13-11-19/h3-8,10-15H,9,16H2,1-2H3. The van der Waals surface area contributed by atoms with Crippen molar-refractivity contribution in [2.45, 2.75) is 31.6 Å². The highest BCUT2D eigenvalue weighted by atomic mass is 35.5. The molecular formula is C25H22ClNO3S. The minimum atomic E-state index is -3.88. The Morgan fingerprint density at radius 2 is 1.58 bits per heavy atom. The summed E-state index contributed by atoms with van der Waals surface area (Å²) in [4.78, 5) is 12.0. The fraction of sp³-hybridized carbons (Fsp3) is 0.160. The lowest BCUT2D eigenvalue weighted by Gasteiger charge is -2.13. The van der Waals surface area contributed by atoms with Gasteiger partial charge in [0, 0.05) is 28.1 Å². The molecule has 6 heteroatoms. The van der Waals surface area contributed by atoms with E-state index in [0.717, 1.165) is 22.1 Å². The zero-order valence-corrected chi connectivity index (χ0v) is 18.9. The van der Waals surface area contributed by atoms with Gasteiger partial charge in [-0.15, -0.1) is 0 Å². The van der Waals surface area contributed by atoms with E-state index in [-0.39, 0.29) is 17.1 Å². The second-order valence-electron chi connectivity index (χ2n) is 7.63. The molecule has 0 bridgehead atoms. The molecule has 1 aromatic heterocycles. The van der Waals surface area contributed by atoms with E-state index in [1.165, 1.54) is 10.9 Å². The van der Waals surface area contributed by atoms with Gasteiger partial charge in [0.25, 0.3) is 10.0 Å². The van der Waals surface area contributed by atoms with Gasteiger partial charge in [-0.05, 0) is 56.2 Å². The zero-order valence-electron chi connectivity index (χ0n) is 17.3. The molecule has 0 aliphatic heterocycles. The van der Waals surface area contributed by atoms with Crippen LogP contribution in [0, 0.1) is 6.92 Å². The number of rotatable bonds is 6. The van der Waals surface area contributed by atoms with Gasteiger partial charge < -0.3 is 4.79 Å². The van der Waals surface area contributed by atoms with Crippen LogP contribution in [0.25, 0.3) is 22.0 Å². The predicted molar refractivity (Wildman–Crippen MR) is 125 cm³/mol. The largest absolute Gasteiger partial charge is 0.300 e. The van der Waals surface area contributed by atoms with E-state index in [1.54, 1.807) is 42.5 Å². The number of hydrogen-bond acceptors (Lipinski definition) is 3. The first-order valence-electron chi connectivity index (χ1n) is 9.99. The zero-order chi connectivity index (χ0) is 22.2. The van der Waals surface area contributed by atoms with Gasteiger partial charge in [-0.25, -0.2) is 12.4 Å². The minimum absolute atomic E-state index is 0.00611. The molecule has 0 fully saturated rings. The van der Waals surface area contributed by atoms with E-state index in [2.05, 4.69) is 0 Å². The van der Waals surface area contributed by atoms with Crippen molar-refractivity contribution in [2.24, 2.45) is 0 Å². The lowest BCUT2D eigenvalue weighted by molar-refractivity contribution is -0.117. The number of halogens is 1. The van der Waals surface area contributed by atoms with E-state index in [1.807, 2.05) is 37.3 Å². The van der Waals surface area contributed by atoms with Gasteiger partial charge in [0.15, 0.2) is 0 Å². The fourth-order valence-corrected chi connectivity index (χ4v) is 5.52. The van der Waals surface area contributed by atoms with Gasteiger partial charge in [0.1, 0.15) is 5.78 Å². The highest BCUT2D eigenvalue weighted by Gasteiger charge is 2.27. The van der Waals surface area contributed by atoms with Crippen molar-refractivity contribution in [3.63, 3.8) is 0 Å². The van der Waals surface area contributed by atoms with Crippen molar-refractivity contribution in [2.75, 3.05) is 0 Å². The molecule has 0 unspecified atom stereocenters. The topological polar surface area (TPSA) is 56.1 Å². The van der Waals surface area contributed by atoms with Gasteiger partial charge in [-0.1, -0.05) is 59.6 Å². The maximum absolute atomic E-state index is 13.8. The number of benzene rings is 3. The molecule has 0 aliphatic rings. The van der Waals surface area contributed by atoms with Crippen LogP contribution >= 0.6 is 11.6 Å². The van der Waals surface area contributed by atoms with Crippen LogP contribution in [0.4, 0.5) is 0 Å². The van der Waals surface area contributed by atoms with E-state index in [9.17, 15) is 13.2 Å². The molecule has 4 aromatic rings. The summed E-state index contributed by atoms with van der Waals surface area (Å²) in [5.41, 5.74) is 3.84. The number of nitrogens with zero attached hydrogens (tertiary/aromatic N) is 1. The molecular weight excluding hydrogens is 430 g/mol. The molecule has 0 saturated carbocycles. The van der Waals surface area contributed by atoms with Crippen molar-refractivity contribution < 1.29 is 13.2 Å². The first-order chi connectivity index (χ1) is 14.8. The third kappa shape index (κ3) is 4.03. The number of para-hydroxylation sites is 1. The van der Waals surface area contributed by atoms with Crippen LogP contribution in [0.2, 0.25) is 5.02 Å². The molecule has 0 saturated heterocycles. The Hall–Kier alpha value is -2.89. The number of Topliss-reactive ketones (excluding diaryl/α,β-unsaturated/α-hetero) is 1. The number of aryl methyl sites for hydroxylation is 1. The van der Waals surface area contributed by atoms with Gasteiger partial charge in [0.05, 0.1) is 10.4 Å². The summed E-state index contributed by atoms with van der Waals surface area (Å²) < 4.78 is 29.0. The molecule has 0 aliphatic carbocycles. The predicted octanol–water partition coefficient (Wildman–Crippen LogP) is 6.03. The number of carbonyl (C=O) groups excluding carboxylic acids is 1. The van der Waals surface area contributed by atoms with E-state index in [4.69, 9.17) is 11.6 Å². The number of fused-ring (bicyclic) bond motifs is 1. The van der Waals surface area contributed by atoms with Gasteiger partial charge in [0.2, 0.25) is 0 Å². The van der Waals surface area contributed by atoms with Crippen molar-refractivity contribution in [3.8, 4) is 11.1 Å². The smallest absolute Gasteiger partial charge is 0.268 e. The third-order valence-electron chi connectivity index (χ3n) is 5.33. The second-order valence-corrected chi connectivity index (χ2v) is 9.85. The lowest BCUT2D eigenvalue weighted by Crippen LogP contribution is -2.16. The molecule has 3 aromatic carbocycles. The first kappa shape index (κ1) is 21.3. The van der Waals surface area contributed by atoms with Crippen molar-refractivity contribution in [1.29, 1.82) is 0 Å². The number of carbonyl (C=O) groups is 1. The van der Waals surface area contributed by atoms with Gasteiger partial charge in [-0.3, -0.25) is 0 Å². The van der Waals surface area contributed by atoms with Gasteiger partial charge in [-0.2, -0.15) is 0 Å². The Balaban J connectivity index is 2.06. The van der Waals surface area contributed by atoms with Crippen LogP contribution < -0.4 is 0 Å². The summed E-state index contributed by atoms with van der Waals surface area (Å²) in [5, 5.41) is 1.42. The quantitative estimate of drug-likeness (QED) is 0.359. The fourth-order valence-electron chi connectivity index (χ4n) is 3.81. The van der Waals surface area contributed by atoms with Crippen LogP contribution in [-0.2, 0) is 21.2 Å². The molecule has 0 N–H and O–H groups in total. The van der Waals surface area contributed by atoms with Crippen LogP contribution in [0.3, 0.4) is 0 Å². The minimum Gasteiger partial charge on any atom is -0.300 e. The Bertz CT molecular complexity index is 1370. The Kier molecular flexibility index (Phi) is 5.73. The normalized spacial score (nSPS) is 11.7. The Morgan fingerprint density at radius 3 is 2.23 bits per heavy atom. The summed E-state index contributed by atoms with van der Waals surface area (Å²) >= 11 is 6.08. The summed E-state index contributed by atoms with van der Waals surface area (Å²) in [6, 6.07) is 21.6. The van der Waals surface area contributed by atoms with Gasteiger partial charge >= 0.3 is 0 Å². The highest BCUT2D eigenvalue weighted by Crippen LogP contribution is 2.38. The number of aromatic nitrogens is 1. The SMILES string of the molecule is CC(=O)CCc1c(-c2ccc(Cl)cc2)c2ccccc2n1S(=O)(=O)c1ccc(C)cc1.